The maximum Gasteiger partial charge on any atom is 0.316 e. The summed E-state index contributed by atoms with van der Waals surface area (Å²) in [6.45, 7) is 0. The molecule has 1 amide bonds. The van der Waals surface area contributed by atoms with Crippen molar-refractivity contribution in [2.75, 3.05) is 0 Å². The Labute approximate surface area is 138 Å². The molecular formula is C19H12ClNO2. The number of hydrogen-bond donors (Lipinski definition) is 0. The molecule has 4 aromatic rings. The largest absolute Gasteiger partial charge is 0.316 e. The number of rotatable bonds is 1. The average Bonchev–Trinajstić information content (AvgIpc) is 2.56. The first-order chi connectivity index (χ1) is 10.7. The lowest BCUT2D eigenvalue weighted by molar-refractivity contribution is 0.100. The lowest BCUT2D eigenvalue weighted by Crippen LogP contribution is -1.92. The number of carbonyl (C=O) groups is 1. The first-order valence-corrected chi connectivity index (χ1v) is 6.99. The van der Waals surface area contributed by atoms with Crippen LogP contribution in [0.4, 0.5) is 0 Å². The van der Waals surface area contributed by atoms with E-state index in [4.69, 9.17) is 0 Å². The number of benzene rings is 4. The fourth-order valence-electron chi connectivity index (χ4n) is 2.88. The van der Waals surface area contributed by atoms with Crippen LogP contribution in [0.25, 0.3) is 32.3 Å². The van der Waals surface area contributed by atoms with E-state index in [0.29, 0.717) is 5.56 Å². The van der Waals surface area contributed by atoms with Crippen LogP contribution >= 0.6 is 12.4 Å². The molecule has 23 heavy (non-hydrogen) atoms. The molecule has 0 aliphatic carbocycles. The molecule has 4 heteroatoms. The monoisotopic (exact) mass is 321 g/mol. The molecule has 0 heterocycles. The minimum Gasteiger partial charge on any atom is -0.263 e. The summed E-state index contributed by atoms with van der Waals surface area (Å²) >= 11 is 0. The van der Waals surface area contributed by atoms with Gasteiger partial charge in [0, 0.05) is 10.7 Å². The molecule has 0 bridgehead atoms. The van der Waals surface area contributed by atoms with E-state index in [1.807, 2.05) is 24.3 Å². The normalized spacial score (nSPS) is 10.6. The fraction of sp³-hybridized carbons (Fsp3) is 0. The summed E-state index contributed by atoms with van der Waals surface area (Å²) in [4.78, 5) is 21.8. The summed E-state index contributed by atoms with van der Waals surface area (Å²) in [5.41, 5.74) is 0.322. The first-order valence-electron chi connectivity index (χ1n) is 6.99. The number of nitroso groups, excluding NO2 is 1. The number of nitrogens with zero attached hydrogens (tertiary/aromatic N) is 1. The van der Waals surface area contributed by atoms with Crippen molar-refractivity contribution in [3.8, 4) is 0 Å². The number of fused-ring (bicyclic) bond motifs is 3. The van der Waals surface area contributed by atoms with E-state index in [2.05, 4.69) is 35.5 Å². The molecule has 0 aromatic heterocycles. The topological polar surface area (TPSA) is 46.5 Å². The van der Waals surface area contributed by atoms with E-state index in [1.165, 1.54) is 10.8 Å². The number of carbonyl (C=O) groups excluding carboxylic acids is 1. The van der Waals surface area contributed by atoms with Crippen molar-refractivity contribution in [2.24, 2.45) is 5.18 Å². The van der Waals surface area contributed by atoms with Crippen molar-refractivity contribution >= 4 is 50.6 Å². The van der Waals surface area contributed by atoms with Crippen molar-refractivity contribution in [2.45, 2.75) is 0 Å². The standard InChI is InChI=1S/C19H11NO2.ClH/c21-19(20-22)15-6-5-14-9-17-7-12-3-1-2-4-13(12)8-18(17)11-16(14)10-15;/h1-11H;1H. The molecule has 0 saturated carbocycles. The predicted molar refractivity (Wildman–Crippen MR) is 96.3 cm³/mol. The van der Waals surface area contributed by atoms with E-state index in [-0.39, 0.29) is 12.4 Å². The van der Waals surface area contributed by atoms with Crippen LogP contribution in [-0.2, 0) is 0 Å². The van der Waals surface area contributed by atoms with E-state index in [9.17, 15) is 9.70 Å². The van der Waals surface area contributed by atoms with Gasteiger partial charge in [-0.2, -0.15) is 0 Å². The highest BCUT2D eigenvalue weighted by molar-refractivity contribution is 6.06. The third kappa shape index (κ3) is 2.56. The SMILES string of the molecule is Cl.O=NC(=O)c1ccc2cc3cc4ccccc4cc3cc2c1. The number of halogens is 1. The lowest BCUT2D eigenvalue weighted by Gasteiger charge is -2.06. The van der Waals surface area contributed by atoms with Gasteiger partial charge in [-0.15, -0.1) is 17.3 Å². The quantitative estimate of drug-likeness (QED) is 0.344. The first kappa shape index (κ1) is 15.1. The molecule has 0 atom stereocenters. The van der Waals surface area contributed by atoms with Gasteiger partial charge in [-0.05, 0) is 68.7 Å². The highest BCUT2D eigenvalue weighted by Crippen LogP contribution is 2.28. The molecule has 0 saturated heterocycles. The van der Waals surface area contributed by atoms with E-state index < -0.39 is 5.91 Å². The summed E-state index contributed by atoms with van der Waals surface area (Å²) in [6.07, 6.45) is 0. The molecule has 0 fully saturated rings. The summed E-state index contributed by atoms with van der Waals surface area (Å²) in [5.74, 6) is -0.736. The Hall–Kier alpha value is -2.78. The fourth-order valence-corrected chi connectivity index (χ4v) is 2.88. The smallest absolute Gasteiger partial charge is 0.263 e. The van der Waals surface area contributed by atoms with Crippen LogP contribution < -0.4 is 0 Å². The highest BCUT2D eigenvalue weighted by Gasteiger charge is 2.07. The zero-order valence-electron chi connectivity index (χ0n) is 12.0. The second-order valence-electron chi connectivity index (χ2n) is 5.36. The Morgan fingerprint density at radius 3 is 1.70 bits per heavy atom. The van der Waals surface area contributed by atoms with Gasteiger partial charge in [0.05, 0.1) is 0 Å². The van der Waals surface area contributed by atoms with Crippen molar-refractivity contribution in [1.82, 2.24) is 0 Å². The third-order valence-electron chi connectivity index (χ3n) is 3.99. The van der Waals surface area contributed by atoms with Crippen LogP contribution in [0, 0.1) is 4.91 Å². The van der Waals surface area contributed by atoms with Gasteiger partial charge in [0.2, 0.25) is 0 Å². The predicted octanol–water partition coefficient (Wildman–Crippen LogP) is 5.47. The van der Waals surface area contributed by atoms with Crippen LogP contribution in [0.3, 0.4) is 0 Å². The van der Waals surface area contributed by atoms with Gasteiger partial charge in [-0.25, -0.2) is 0 Å². The van der Waals surface area contributed by atoms with Crippen molar-refractivity contribution in [3.05, 3.63) is 77.2 Å². The van der Waals surface area contributed by atoms with Gasteiger partial charge in [0.15, 0.2) is 0 Å². The van der Waals surface area contributed by atoms with Crippen LogP contribution in [0.2, 0.25) is 0 Å². The van der Waals surface area contributed by atoms with E-state index in [0.717, 1.165) is 21.5 Å². The van der Waals surface area contributed by atoms with Gasteiger partial charge >= 0.3 is 5.91 Å². The minimum atomic E-state index is -0.736. The Balaban J connectivity index is 0.00000156. The molecule has 3 nitrogen and oxygen atoms in total. The van der Waals surface area contributed by atoms with Gasteiger partial charge in [-0.1, -0.05) is 30.3 Å². The Kier molecular flexibility index (Phi) is 3.80. The zero-order valence-corrected chi connectivity index (χ0v) is 12.8. The van der Waals surface area contributed by atoms with E-state index >= 15 is 0 Å². The summed E-state index contributed by atoms with van der Waals surface area (Å²) < 4.78 is 0. The van der Waals surface area contributed by atoms with Crippen LogP contribution in [-0.4, -0.2) is 5.91 Å². The number of amides is 1. The number of hydrogen-bond acceptors (Lipinski definition) is 2. The van der Waals surface area contributed by atoms with Crippen LogP contribution in [0.15, 0.2) is 71.9 Å². The Bertz CT molecular complexity index is 1070. The second kappa shape index (κ2) is 5.78. The molecule has 4 rings (SSSR count). The second-order valence-corrected chi connectivity index (χ2v) is 5.36. The molecule has 0 radical (unpaired) electrons. The van der Waals surface area contributed by atoms with Gasteiger partial charge in [-0.3, -0.25) is 4.79 Å². The summed E-state index contributed by atoms with van der Waals surface area (Å²) in [7, 11) is 0. The summed E-state index contributed by atoms with van der Waals surface area (Å²) in [5, 5.41) is 9.08. The van der Waals surface area contributed by atoms with Gasteiger partial charge in [0.1, 0.15) is 0 Å². The molecule has 0 aliphatic heterocycles. The zero-order chi connectivity index (χ0) is 15.1. The van der Waals surface area contributed by atoms with Crippen molar-refractivity contribution in [3.63, 3.8) is 0 Å². The molecular weight excluding hydrogens is 310 g/mol. The Morgan fingerprint density at radius 1 is 0.652 bits per heavy atom. The maximum absolute atomic E-state index is 11.4. The van der Waals surface area contributed by atoms with E-state index in [1.54, 1.807) is 12.1 Å². The van der Waals surface area contributed by atoms with Gasteiger partial charge < -0.3 is 0 Å². The lowest BCUT2D eigenvalue weighted by atomic mass is 9.98. The minimum absolute atomic E-state index is 0. The van der Waals surface area contributed by atoms with Crippen LogP contribution in [0.5, 0.6) is 0 Å². The molecule has 0 unspecified atom stereocenters. The molecule has 0 spiro atoms. The molecule has 0 N–H and O–H groups in total. The van der Waals surface area contributed by atoms with Crippen molar-refractivity contribution in [1.29, 1.82) is 0 Å². The maximum atomic E-state index is 11.4. The third-order valence-corrected chi connectivity index (χ3v) is 3.99. The highest BCUT2D eigenvalue weighted by atomic mass is 35.5. The Morgan fingerprint density at radius 2 is 1.13 bits per heavy atom. The van der Waals surface area contributed by atoms with Crippen molar-refractivity contribution < 1.29 is 4.79 Å². The average molecular weight is 322 g/mol. The molecule has 4 aromatic carbocycles. The molecule has 0 aliphatic rings. The summed E-state index contributed by atoms with van der Waals surface area (Å²) in [6, 6.07) is 21.9. The van der Waals surface area contributed by atoms with Gasteiger partial charge in [0.25, 0.3) is 0 Å². The van der Waals surface area contributed by atoms with Crippen LogP contribution in [0.1, 0.15) is 10.4 Å². The molecule has 112 valence electrons.